The Balaban J connectivity index is 2.42. The molecule has 0 radical (unpaired) electrons. The van der Waals surface area contributed by atoms with Crippen molar-refractivity contribution in [2.45, 2.75) is 32.2 Å². The molecule has 1 aromatic carbocycles. The fourth-order valence-electron chi connectivity index (χ4n) is 2.19. The van der Waals surface area contributed by atoms with E-state index in [9.17, 15) is 5.11 Å². The molecule has 0 saturated carbocycles. The average Bonchev–Trinajstić information content (AvgIpc) is 2.40. The fraction of sp³-hybridized carbons (Fsp3) is 0.400. The van der Waals surface area contributed by atoms with Gasteiger partial charge in [0.25, 0.3) is 0 Å². The van der Waals surface area contributed by atoms with E-state index >= 15 is 0 Å². The van der Waals surface area contributed by atoms with Gasteiger partial charge in [-0.15, -0.1) is 0 Å². The van der Waals surface area contributed by atoms with Crippen molar-refractivity contribution in [1.82, 2.24) is 4.98 Å². The van der Waals surface area contributed by atoms with Crippen LogP contribution in [0.2, 0.25) is 0 Å². The molecule has 1 heterocycles. The van der Waals surface area contributed by atoms with Crippen molar-refractivity contribution in [3.05, 3.63) is 30.5 Å². The number of nitrogens with one attached hydrogen (secondary N) is 1. The predicted molar refractivity (Wildman–Crippen MR) is 79.4 cm³/mol. The molecule has 1 unspecified atom stereocenters. The van der Waals surface area contributed by atoms with Gasteiger partial charge < -0.3 is 16.2 Å². The highest BCUT2D eigenvalue weighted by molar-refractivity contribution is 5.92. The van der Waals surface area contributed by atoms with E-state index < -0.39 is 0 Å². The van der Waals surface area contributed by atoms with Gasteiger partial charge in [-0.25, -0.2) is 4.98 Å². The van der Waals surface area contributed by atoms with Crippen LogP contribution in [-0.2, 0) is 0 Å². The molecule has 4 nitrogen and oxygen atoms in total. The van der Waals surface area contributed by atoms with Crippen molar-refractivity contribution in [3.8, 4) is 5.75 Å². The number of pyridine rings is 1. The number of phenols is 1. The number of hydrogen-bond acceptors (Lipinski definition) is 4. The Morgan fingerprint density at radius 2 is 2.16 bits per heavy atom. The zero-order chi connectivity index (χ0) is 13.9. The third-order valence-corrected chi connectivity index (χ3v) is 3.65. The third kappa shape index (κ3) is 2.96. The normalized spacial score (nSPS) is 14.3. The van der Waals surface area contributed by atoms with E-state index in [0.717, 1.165) is 29.4 Å². The number of anilines is 1. The number of nitrogens with zero attached hydrogens (tertiary/aromatic N) is 1. The smallest absolute Gasteiger partial charge is 0.134 e. The molecule has 2 aromatic rings. The Bertz CT molecular complexity index is 570. The number of aromatic hydroxyl groups is 1. The monoisotopic (exact) mass is 259 g/mol. The van der Waals surface area contributed by atoms with Gasteiger partial charge in [-0.05, 0) is 49.9 Å². The first-order chi connectivity index (χ1) is 9.08. The zero-order valence-electron chi connectivity index (χ0n) is 11.5. The van der Waals surface area contributed by atoms with Crippen LogP contribution in [0.4, 0.5) is 5.82 Å². The zero-order valence-corrected chi connectivity index (χ0v) is 11.5. The minimum Gasteiger partial charge on any atom is -0.508 e. The highest BCUT2D eigenvalue weighted by Crippen LogP contribution is 2.28. The van der Waals surface area contributed by atoms with Crippen LogP contribution < -0.4 is 11.1 Å². The predicted octanol–water partition coefficient (Wildman–Crippen LogP) is 2.87. The summed E-state index contributed by atoms with van der Waals surface area (Å²) in [7, 11) is 0. The van der Waals surface area contributed by atoms with Crippen LogP contribution >= 0.6 is 0 Å². The Kier molecular flexibility index (Phi) is 3.90. The summed E-state index contributed by atoms with van der Waals surface area (Å²) in [5.41, 5.74) is 5.60. The van der Waals surface area contributed by atoms with Gasteiger partial charge in [-0.2, -0.15) is 0 Å². The molecule has 19 heavy (non-hydrogen) atoms. The minimum absolute atomic E-state index is 0.0819. The van der Waals surface area contributed by atoms with Crippen molar-refractivity contribution >= 4 is 16.6 Å². The molecular formula is C15H21N3O. The van der Waals surface area contributed by atoms with Gasteiger partial charge in [0.05, 0.1) is 0 Å². The second kappa shape index (κ2) is 5.45. The molecule has 0 amide bonds. The summed E-state index contributed by atoms with van der Waals surface area (Å²) in [5, 5.41) is 15.1. The third-order valence-electron chi connectivity index (χ3n) is 3.65. The van der Waals surface area contributed by atoms with Gasteiger partial charge in [0.2, 0.25) is 0 Å². The SMILES string of the molecule is CCC(C)(CCN)Nc1nccc2ccc(O)cc12. The number of benzene rings is 1. The van der Waals surface area contributed by atoms with Gasteiger partial charge in [0.1, 0.15) is 11.6 Å². The number of aromatic nitrogens is 1. The summed E-state index contributed by atoms with van der Waals surface area (Å²) < 4.78 is 0. The van der Waals surface area contributed by atoms with E-state index in [1.165, 1.54) is 0 Å². The maximum absolute atomic E-state index is 9.64. The molecule has 4 heteroatoms. The molecule has 102 valence electrons. The standard InChI is InChI=1S/C15H21N3O/c1-3-15(2,7-8-16)18-14-13-10-12(19)5-4-11(13)6-9-17-14/h4-6,9-10,19H,3,7-8,16H2,1-2H3,(H,17,18). The van der Waals surface area contributed by atoms with E-state index in [-0.39, 0.29) is 11.3 Å². The van der Waals surface area contributed by atoms with Crippen LogP contribution in [0, 0.1) is 0 Å². The van der Waals surface area contributed by atoms with Gasteiger partial charge >= 0.3 is 0 Å². The Morgan fingerprint density at radius 1 is 1.37 bits per heavy atom. The van der Waals surface area contributed by atoms with Crippen LogP contribution in [0.25, 0.3) is 10.8 Å². The molecule has 0 bridgehead atoms. The lowest BCUT2D eigenvalue weighted by Gasteiger charge is -2.30. The molecule has 0 saturated heterocycles. The average molecular weight is 259 g/mol. The minimum atomic E-state index is -0.0819. The highest BCUT2D eigenvalue weighted by Gasteiger charge is 2.22. The van der Waals surface area contributed by atoms with Gasteiger partial charge in [-0.3, -0.25) is 0 Å². The lowest BCUT2D eigenvalue weighted by atomic mass is 9.94. The maximum Gasteiger partial charge on any atom is 0.134 e. The summed E-state index contributed by atoms with van der Waals surface area (Å²) in [4.78, 5) is 4.40. The van der Waals surface area contributed by atoms with Gasteiger partial charge in [0.15, 0.2) is 0 Å². The quantitative estimate of drug-likeness (QED) is 0.772. The van der Waals surface area contributed by atoms with Gasteiger partial charge in [0, 0.05) is 17.1 Å². The first kappa shape index (κ1) is 13.6. The topological polar surface area (TPSA) is 71.2 Å². The molecular weight excluding hydrogens is 238 g/mol. The van der Waals surface area contributed by atoms with Crippen LogP contribution in [0.1, 0.15) is 26.7 Å². The largest absolute Gasteiger partial charge is 0.508 e. The van der Waals surface area contributed by atoms with Crippen molar-refractivity contribution in [3.63, 3.8) is 0 Å². The van der Waals surface area contributed by atoms with E-state index in [2.05, 4.69) is 24.1 Å². The van der Waals surface area contributed by atoms with E-state index in [0.29, 0.717) is 6.54 Å². The first-order valence-corrected chi connectivity index (χ1v) is 6.64. The van der Waals surface area contributed by atoms with Crippen LogP contribution in [0.3, 0.4) is 0 Å². The Labute approximate surface area is 113 Å². The van der Waals surface area contributed by atoms with Crippen molar-refractivity contribution in [2.24, 2.45) is 5.73 Å². The molecule has 0 aliphatic carbocycles. The molecule has 1 aromatic heterocycles. The molecule has 4 N–H and O–H groups in total. The number of fused-ring (bicyclic) bond motifs is 1. The lowest BCUT2D eigenvalue weighted by Crippen LogP contribution is -2.36. The number of nitrogens with two attached hydrogens (primary N) is 1. The number of phenolic OH excluding ortho intramolecular Hbond substituents is 1. The molecule has 0 aliphatic rings. The van der Waals surface area contributed by atoms with Crippen molar-refractivity contribution in [2.75, 3.05) is 11.9 Å². The fourth-order valence-corrected chi connectivity index (χ4v) is 2.19. The van der Waals surface area contributed by atoms with Gasteiger partial charge in [-0.1, -0.05) is 13.0 Å². The molecule has 2 rings (SSSR count). The molecule has 1 atom stereocenters. The summed E-state index contributed by atoms with van der Waals surface area (Å²) in [6.45, 7) is 4.90. The molecule has 0 spiro atoms. The highest BCUT2D eigenvalue weighted by atomic mass is 16.3. The lowest BCUT2D eigenvalue weighted by molar-refractivity contribution is 0.462. The molecule has 0 aliphatic heterocycles. The van der Waals surface area contributed by atoms with E-state index in [4.69, 9.17) is 5.73 Å². The molecule has 0 fully saturated rings. The maximum atomic E-state index is 9.64. The Morgan fingerprint density at radius 3 is 2.84 bits per heavy atom. The van der Waals surface area contributed by atoms with Crippen LogP contribution in [0.5, 0.6) is 5.75 Å². The van der Waals surface area contributed by atoms with Crippen molar-refractivity contribution in [1.29, 1.82) is 0 Å². The summed E-state index contributed by atoms with van der Waals surface area (Å²) in [5.74, 6) is 1.05. The number of hydrogen-bond donors (Lipinski definition) is 3. The summed E-state index contributed by atoms with van der Waals surface area (Å²) in [6, 6.07) is 7.25. The Hall–Kier alpha value is -1.81. The first-order valence-electron chi connectivity index (χ1n) is 6.64. The van der Waals surface area contributed by atoms with Crippen LogP contribution in [0.15, 0.2) is 30.5 Å². The van der Waals surface area contributed by atoms with E-state index in [1.54, 1.807) is 18.3 Å². The second-order valence-corrected chi connectivity index (χ2v) is 5.14. The summed E-state index contributed by atoms with van der Waals surface area (Å²) >= 11 is 0. The van der Waals surface area contributed by atoms with Crippen molar-refractivity contribution < 1.29 is 5.11 Å². The number of rotatable bonds is 5. The van der Waals surface area contributed by atoms with Crippen LogP contribution in [-0.4, -0.2) is 22.2 Å². The second-order valence-electron chi connectivity index (χ2n) is 5.14. The summed E-state index contributed by atoms with van der Waals surface area (Å²) in [6.07, 6.45) is 3.61. The van der Waals surface area contributed by atoms with E-state index in [1.807, 2.05) is 12.1 Å².